The van der Waals surface area contributed by atoms with Crippen molar-refractivity contribution < 1.29 is 18.0 Å². The molecule has 0 saturated heterocycles. The zero-order valence-electron chi connectivity index (χ0n) is 15.4. The van der Waals surface area contributed by atoms with Crippen LogP contribution in [0.5, 0.6) is 0 Å². The largest absolute Gasteiger partial charge is 0.389 e. The fraction of sp³-hybridized carbons (Fsp3) is 0.263. The van der Waals surface area contributed by atoms with Gasteiger partial charge in [0.25, 0.3) is 5.56 Å². The van der Waals surface area contributed by atoms with Gasteiger partial charge in [-0.15, -0.1) is 0 Å². The topological polar surface area (TPSA) is 92.2 Å². The summed E-state index contributed by atoms with van der Waals surface area (Å²) >= 11 is 5.88. The van der Waals surface area contributed by atoms with Gasteiger partial charge in [0.05, 0.1) is 12.1 Å². The molecular formula is C19H15ClF3N5O2. The molecule has 3 aromatic rings. The predicted molar refractivity (Wildman–Crippen MR) is 103 cm³/mol. The van der Waals surface area contributed by atoms with E-state index in [-0.39, 0.29) is 24.3 Å². The van der Waals surface area contributed by atoms with Gasteiger partial charge in [-0.25, -0.2) is 4.98 Å². The number of nitrogens with one attached hydrogen (secondary N) is 1. The Morgan fingerprint density at radius 1 is 1.23 bits per heavy atom. The van der Waals surface area contributed by atoms with Crippen LogP contribution in [0.2, 0.25) is 5.02 Å². The van der Waals surface area contributed by atoms with E-state index in [4.69, 9.17) is 16.9 Å². The molecule has 11 heteroatoms. The number of nitrogens with zero attached hydrogens (tertiary/aromatic N) is 4. The maximum Gasteiger partial charge on any atom is 0.389 e. The number of rotatable bonds is 6. The molecule has 2 heterocycles. The van der Waals surface area contributed by atoms with E-state index in [1.165, 1.54) is 27.6 Å². The average Bonchev–Trinajstić information content (AvgIpc) is 3.11. The fourth-order valence-electron chi connectivity index (χ4n) is 2.95. The molecule has 1 aromatic carbocycles. The number of imidazole rings is 1. The van der Waals surface area contributed by atoms with Crippen molar-refractivity contribution in [1.82, 2.24) is 19.3 Å². The van der Waals surface area contributed by atoms with Gasteiger partial charge in [0.15, 0.2) is 6.19 Å². The van der Waals surface area contributed by atoms with E-state index >= 15 is 0 Å². The van der Waals surface area contributed by atoms with E-state index in [1.807, 2.05) is 5.32 Å². The number of alkyl halides is 3. The van der Waals surface area contributed by atoms with Gasteiger partial charge in [0.1, 0.15) is 0 Å². The number of nitriles is 1. The third-order valence-corrected chi connectivity index (χ3v) is 4.55. The monoisotopic (exact) mass is 437 g/mol. The first-order valence-corrected chi connectivity index (χ1v) is 9.18. The Morgan fingerprint density at radius 2 is 1.93 bits per heavy atom. The summed E-state index contributed by atoms with van der Waals surface area (Å²) in [4.78, 5) is 28.9. The molecule has 0 unspecified atom stereocenters. The van der Waals surface area contributed by atoms with Crippen molar-refractivity contribution in [2.75, 3.05) is 0 Å². The molecule has 0 saturated carbocycles. The van der Waals surface area contributed by atoms with Crippen LogP contribution in [0.25, 0.3) is 17.0 Å². The molecule has 3 rings (SSSR count). The lowest BCUT2D eigenvalue weighted by molar-refractivity contribution is -0.135. The van der Waals surface area contributed by atoms with Crippen molar-refractivity contribution in [3.8, 4) is 17.5 Å². The Labute approximate surface area is 173 Å². The molecule has 0 fully saturated rings. The van der Waals surface area contributed by atoms with E-state index in [0.717, 1.165) is 0 Å². The van der Waals surface area contributed by atoms with Gasteiger partial charge in [-0.2, -0.15) is 18.4 Å². The van der Waals surface area contributed by atoms with E-state index in [9.17, 15) is 22.8 Å². The lowest BCUT2D eigenvalue weighted by Gasteiger charge is -2.11. The van der Waals surface area contributed by atoms with Crippen LogP contribution in [0.1, 0.15) is 18.4 Å². The van der Waals surface area contributed by atoms with Crippen molar-refractivity contribution >= 4 is 23.3 Å². The number of amides is 1. The maximum absolute atomic E-state index is 12.8. The highest BCUT2D eigenvalue weighted by Crippen LogP contribution is 2.23. The molecule has 0 radical (unpaired) electrons. The third-order valence-electron chi connectivity index (χ3n) is 4.29. The van der Waals surface area contributed by atoms with Crippen molar-refractivity contribution in [2.45, 2.75) is 32.0 Å². The molecule has 0 aliphatic rings. The summed E-state index contributed by atoms with van der Waals surface area (Å²) in [5.74, 6) is -0.551. The fourth-order valence-corrected chi connectivity index (χ4v) is 3.08. The predicted octanol–water partition coefficient (Wildman–Crippen LogP) is 3.30. The molecule has 2 aromatic heterocycles. The van der Waals surface area contributed by atoms with Crippen molar-refractivity contribution in [3.63, 3.8) is 0 Å². The zero-order valence-corrected chi connectivity index (χ0v) is 16.2. The second-order valence-electron chi connectivity index (χ2n) is 6.51. The van der Waals surface area contributed by atoms with E-state index in [2.05, 4.69) is 4.98 Å². The molecule has 0 atom stereocenters. The second-order valence-corrected chi connectivity index (χ2v) is 6.95. The molecule has 7 nitrogen and oxygen atoms in total. The number of halogens is 4. The van der Waals surface area contributed by atoms with Crippen molar-refractivity contribution in [2.24, 2.45) is 0 Å². The summed E-state index contributed by atoms with van der Waals surface area (Å²) < 4.78 is 40.3. The number of hydrogen-bond donors (Lipinski definition) is 1. The Balaban J connectivity index is 2.06. The normalized spacial score (nSPS) is 11.4. The molecule has 30 heavy (non-hydrogen) atoms. The third kappa shape index (κ3) is 4.99. The smallest absolute Gasteiger partial charge is 0.318 e. The van der Waals surface area contributed by atoms with Crippen LogP contribution in [0.4, 0.5) is 13.2 Å². The summed E-state index contributed by atoms with van der Waals surface area (Å²) in [6.45, 7) is -0.0623. The highest BCUT2D eigenvalue weighted by atomic mass is 35.5. The van der Waals surface area contributed by atoms with Gasteiger partial charge in [0, 0.05) is 41.5 Å². The Morgan fingerprint density at radius 3 is 2.57 bits per heavy atom. The van der Waals surface area contributed by atoms with Crippen LogP contribution in [-0.2, 0) is 17.8 Å². The summed E-state index contributed by atoms with van der Waals surface area (Å²) in [5, 5.41) is 11.0. The van der Waals surface area contributed by atoms with Gasteiger partial charge < -0.3 is 4.57 Å². The van der Waals surface area contributed by atoms with Crippen LogP contribution in [0, 0.1) is 11.5 Å². The molecule has 156 valence electrons. The summed E-state index contributed by atoms with van der Waals surface area (Å²) in [6.07, 6.45) is -1.69. The average molecular weight is 438 g/mol. The molecule has 1 N–H and O–H groups in total. The zero-order chi connectivity index (χ0) is 21.9. The number of fused-ring (bicyclic) bond motifs is 1. The SMILES string of the molecule is N#CNC(=O)Cc1cn(CCCC(F)(F)F)c2nc(-c3ccc(Cl)cc3)cn2c1=O. The van der Waals surface area contributed by atoms with Crippen molar-refractivity contribution in [1.29, 1.82) is 5.26 Å². The van der Waals surface area contributed by atoms with Gasteiger partial charge in [-0.05, 0) is 18.6 Å². The van der Waals surface area contributed by atoms with Gasteiger partial charge in [-0.3, -0.25) is 19.3 Å². The highest BCUT2D eigenvalue weighted by molar-refractivity contribution is 6.30. The van der Waals surface area contributed by atoms with Crippen LogP contribution in [0.3, 0.4) is 0 Å². The van der Waals surface area contributed by atoms with E-state index in [1.54, 1.807) is 24.3 Å². The quantitative estimate of drug-likeness (QED) is 0.473. The van der Waals surface area contributed by atoms with Crippen LogP contribution in [0.15, 0.2) is 41.5 Å². The standard InChI is InChI=1S/C19H15ClF3N5O2/c20-14-4-2-12(3-5-14)15-10-28-17(30)13(8-16(29)25-11-24)9-27(18(28)26-15)7-1-6-19(21,22)23/h2-5,9-10H,1,6-8H2,(H,25,29). The second kappa shape index (κ2) is 8.59. The summed E-state index contributed by atoms with van der Waals surface area (Å²) in [7, 11) is 0. The van der Waals surface area contributed by atoms with Gasteiger partial charge in [-0.1, -0.05) is 23.7 Å². The Hall–Kier alpha value is -3.32. The lowest BCUT2D eigenvalue weighted by atomic mass is 10.2. The molecule has 1 amide bonds. The number of carbonyl (C=O) groups is 1. The van der Waals surface area contributed by atoms with Crippen LogP contribution < -0.4 is 10.9 Å². The number of benzene rings is 1. The molecule has 0 aliphatic carbocycles. The first-order valence-electron chi connectivity index (χ1n) is 8.80. The number of hydrogen-bond acceptors (Lipinski definition) is 4. The maximum atomic E-state index is 12.8. The first kappa shape index (κ1) is 21.4. The highest BCUT2D eigenvalue weighted by Gasteiger charge is 2.26. The minimum absolute atomic E-state index is 0.0299. The molecule has 0 spiro atoms. The van der Waals surface area contributed by atoms with E-state index < -0.39 is 30.5 Å². The Kier molecular flexibility index (Phi) is 6.12. The summed E-state index contributed by atoms with van der Waals surface area (Å²) in [5.41, 5.74) is 0.570. The molecular weight excluding hydrogens is 423 g/mol. The van der Waals surface area contributed by atoms with Crippen LogP contribution >= 0.6 is 11.6 Å². The lowest BCUT2D eigenvalue weighted by Crippen LogP contribution is -2.28. The minimum atomic E-state index is -4.31. The number of carbonyl (C=O) groups excluding carboxylic acids is 1. The van der Waals surface area contributed by atoms with Crippen LogP contribution in [-0.4, -0.2) is 26.0 Å². The van der Waals surface area contributed by atoms with Crippen molar-refractivity contribution in [3.05, 3.63) is 57.6 Å². The van der Waals surface area contributed by atoms with Gasteiger partial charge in [0.2, 0.25) is 11.7 Å². The minimum Gasteiger partial charge on any atom is -0.318 e. The van der Waals surface area contributed by atoms with E-state index in [0.29, 0.717) is 16.3 Å². The number of aryl methyl sites for hydroxylation is 1. The van der Waals surface area contributed by atoms with Gasteiger partial charge >= 0.3 is 6.18 Å². The molecule has 0 bridgehead atoms. The molecule has 0 aliphatic heterocycles. The Bertz CT molecular complexity index is 1180. The first-order chi connectivity index (χ1) is 14.2. The number of aromatic nitrogens is 3. The summed E-state index contributed by atoms with van der Waals surface area (Å²) in [6, 6.07) is 6.69.